The van der Waals surface area contributed by atoms with Crippen molar-refractivity contribution in [1.82, 2.24) is 10.2 Å². The van der Waals surface area contributed by atoms with Crippen LogP contribution in [0.15, 0.2) is 30.5 Å². The van der Waals surface area contributed by atoms with Gasteiger partial charge in [-0.05, 0) is 18.2 Å². The highest BCUT2D eigenvalue weighted by atomic mass is 16.5. The lowest BCUT2D eigenvalue weighted by Crippen LogP contribution is -2.32. The first-order valence-corrected chi connectivity index (χ1v) is 5.91. The minimum absolute atomic E-state index is 0.702. The number of fused-ring (bicyclic) bond motifs is 1. The second-order valence-corrected chi connectivity index (χ2v) is 4.19. The number of nitrogens with one attached hydrogen (secondary N) is 1. The average molecular weight is 245 g/mol. The van der Waals surface area contributed by atoms with E-state index in [1.807, 2.05) is 24.3 Å². The molecule has 0 fully saturated rings. The quantitative estimate of drug-likeness (QED) is 0.896. The van der Waals surface area contributed by atoms with Crippen LogP contribution in [0, 0.1) is 0 Å². The molecule has 5 nitrogen and oxygen atoms in total. The number of hydrogen-bond acceptors (Lipinski definition) is 4. The van der Waals surface area contributed by atoms with Crippen molar-refractivity contribution in [2.75, 3.05) is 25.2 Å². The van der Waals surface area contributed by atoms with E-state index < -0.39 is 0 Å². The van der Waals surface area contributed by atoms with Gasteiger partial charge >= 0.3 is 0 Å². The standard InChI is InChI=1S/C13H15N3O2/c1-17-11-2-3-13-12(8-11)16(6-7-18-13)9-10-4-5-14-15-10/h2-5,8H,6-7,9H2,1H3,(H,14,15). The minimum Gasteiger partial charge on any atom is -0.497 e. The van der Waals surface area contributed by atoms with Gasteiger partial charge in [0.2, 0.25) is 0 Å². The van der Waals surface area contributed by atoms with Gasteiger partial charge in [0, 0.05) is 12.3 Å². The highest BCUT2D eigenvalue weighted by molar-refractivity contribution is 5.62. The van der Waals surface area contributed by atoms with Crippen LogP contribution in [0.4, 0.5) is 5.69 Å². The molecular weight excluding hydrogens is 230 g/mol. The van der Waals surface area contributed by atoms with E-state index in [4.69, 9.17) is 9.47 Å². The zero-order valence-corrected chi connectivity index (χ0v) is 10.2. The molecular formula is C13H15N3O2. The molecule has 0 saturated carbocycles. The predicted octanol–water partition coefficient (Wildman–Crippen LogP) is 1.82. The van der Waals surface area contributed by atoms with Crippen LogP contribution in [0.25, 0.3) is 0 Å². The van der Waals surface area contributed by atoms with Crippen molar-refractivity contribution in [3.8, 4) is 11.5 Å². The lowest BCUT2D eigenvalue weighted by molar-refractivity contribution is 0.305. The molecule has 0 unspecified atom stereocenters. The monoisotopic (exact) mass is 245 g/mol. The summed E-state index contributed by atoms with van der Waals surface area (Å²) in [6.45, 7) is 2.36. The number of H-pyrrole nitrogens is 1. The van der Waals surface area contributed by atoms with Gasteiger partial charge in [0.15, 0.2) is 0 Å². The average Bonchev–Trinajstić information content (AvgIpc) is 2.91. The Hall–Kier alpha value is -2.17. The van der Waals surface area contributed by atoms with Crippen LogP contribution < -0.4 is 14.4 Å². The van der Waals surface area contributed by atoms with Crippen molar-refractivity contribution in [2.45, 2.75) is 6.54 Å². The van der Waals surface area contributed by atoms with Gasteiger partial charge in [0.05, 0.1) is 31.6 Å². The highest BCUT2D eigenvalue weighted by Crippen LogP contribution is 2.35. The van der Waals surface area contributed by atoms with E-state index in [2.05, 4.69) is 15.1 Å². The fourth-order valence-corrected chi connectivity index (χ4v) is 2.12. The third kappa shape index (κ3) is 1.99. The predicted molar refractivity (Wildman–Crippen MR) is 68.1 cm³/mol. The molecule has 0 spiro atoms. The minimum atomic E-state index is 0.702. The lowest BCUT2D eigenvalue weighted by Gasteiger charge is -2.31. The zero-order valence-electron chi connectivity index (χ0n) is 10.2. The van der Waals surface area contributed by atoms with Gasteiger partial charge in [-0.15, -0.1) is 0 Å². The fraction of sp³-hybridized carbons (Fsp3) is 0.308. The largest absolute Gasteiger partial charge is 0.497 e. The summed E-state index contributed by atoms with van der Waals surface area (Å²) in [6, 6.07) is 7.85. The topological polar surface area (TPSA) is 50.4 Å². The molecule has 0 bridgehead atoms. The maximum Gasteiger partial charge on any atom is 0.142 e. The van der Waals surface area contributed by atoms with Crippen LogP contribution in [0.5, 0.6) is 11.5 Å². The van der Waals surface area contributed by atoms with Gasteiger partial charge in [0.1, 0.15) is 18.1 Å². The Morgan fingerprint density at radius 1 is 1.44 bits per heavy atom. The first-order valence-electron chi connectivity index (χ1n) is 5.91. The number of benzene rings is 1. The molecule has 0 radical (unpaired) electrons. The summed E-state index contributed by atoms with van der Waals surface area (Å²) in [6.07, 6.45) is 1.77. The summed E-state index contributed by atoms with van der Waals surface area (Å²) < 4.78 is 10.9. The zero-order chi connectivity index (χ0) is 12.4. The van der Waals surface area contributed by atoms with Crippen LogP contribution in [-0.4, -0.2) is 30.5 Å². The van der Waals surface area contributed by atoms with E-state index in [-0.39, 0.29) is 0 Å². The SMILES string of the molecule is COc1ccc2c(c1)N(Cc1ccn[nH]1)CCO2. The van der Waals surface area contributed by atoms with Gasteiger partial charge in [0.25, 0.3) is 0 Å². The lowest BCUT2D eigenvalue weighted by atomic mass is 10.2. The molecule has 2 heterocycles. The molecule has 5 heteroatoms. The molecule has 0 atom stereocenters. The third-order valence-electron chi connectivity index (χ3n) is 3.05. The van der Waals surface area contributed by atoms with E-state index in [1.165, 1.54) is 0 Å². The number of methoxy groups -OCH3 is 1. The Labute approximate surface area is 105 Å². The Bertz CT molecular complexity index is 525. The van der Waals surface area contributed by atoms with E-state index >= 15 is 0 Å². The normalized spacial score (nSPS) is 13.9. The molecule has 18 heavy (non-hydrogen) atoms. The van der Waals surface area contributed by atoms with Crippen molar-refractivity contribution in [3.05, 3.63) is 36.2 Å². The summed E-state index contributed by atoms with van der Waals surface area (Å²) in [7, 11) is 1.67. The molecule has 0 amide bonds. The second-order valence-electron chi connectivity index (χ2n) is 4.19. The van der Waals surface area contributed by atoms with Gasteiger partial charge < -0.3 is 14.4 Å². The summed E-state index contributed by atoms with van der Waals surface area (Å²) in [5, 5.41) is 6.95. The summed E-state index contributed by atoms with van der Waals surface area (Å²) in [5.41, 5.74) is 2.15. The summed E-state index contributed by atoms with van der Waals surface area (Å²) >= 11 is 0. The van der Waals surface area contributed by atoms with Crippen molar-refractivity contribution < 1.29 is 9.47 Å². The molecule has 94 valence electrons. The Balaban J connectivity index is 1.90. The van der Waals surface area contributed by atoms with Crippen LogP contribution in [-0.2, 0) is 6.54 Å². The van der Waals surface area contributed by atoms with Gasteiger partial charge in [-0.1, -0.05) is 0 Å². The van der Waals surface area contributed by atoms with Crippen molar-refractivity contribution in [3.63, 3.8) is 0 Å². The van der Waals surface area contributed by atoms with E-state index in [0.29, 0.717) is 6.61 Å². The smallest absolute Gasteiger partial charge is 0.142 e. The van der Waals surface area contributed by atoms with E-state index in [0.717, 1.165) is 36.0 Å². The number of ether oxygens (including phenoxy) is 2. The first kappa shape index (κ1) is 11.0. The van der Waals surface area contributed by atoms with Gasteiger partial charge in [-0.25, -0.2) is 0 Å². The molecule has 0 aliphatic carbocycles. The van der Waals surface area contributed by atoms with Crippen LogP contribution in [0.1, 0.15) is 5.69 Å². The third-order valence-corrected chi connectivity index (χ3v) is 3.05. The van der Waals surface area contributed by atoms with E-state index in [9.17, 15) is 0 Å². The van der Waals surface area contributed by atoms with Crippen LogP contribution in [0.3, 0.4) is 0 Å². The number of anilines is 1. The number of aromatic nitrogens is 2. The van der Waals surface area contributed by atoms with Gasteiger partial charge in [-0.2, -0.15) is 5.10 Å². The molecule has 1 aromatic heterocycles. The Morgan fingerprint density at radius 3 is 3.17 bits per heavy atom. The van der Waals surface area contributed by atoms with Gasteiger partial charge in [-0.3, -0.25) is 5.10 Å². The second kappa shape index (κ2) is 4.60. The Kier molecular flexibility index (Phi) is 2.80. The Morgan fingerprint density at radius 2 is 2.39 bits per heavy atom. The van der Waals surface area contributed by atoms with Crippen LogP contribution >= 0.6 is 0 Å². The molecule has 0 saturated heterocycles. The molecule has 3 rings (SSSR count). The maximum absolute atomic E-state index is 5.65. The highest BCUT2D eigenvalue weighted by Gasteiger charge is 2.19. The number of rotatable bonds is 3. The van der Waals surface area contributed by atoms with Crippen molar-refractivity contribution in [1.29, 1.82) is 0 Å². The molecule has 1 aliphatic rings. The van der Waals surface area contributed by atoms with Crippen molar-refractivity contribution >= 4 is 5.69 Å². The summed E-state index contributed by atoms with van der Waals surface area (Å²) in [5.74, 6) is 1.75. The van der Waals surface area contributed by atoms with E-state index in [1.54, 1.807) is 13.3 Å². The molecule has 1 aliphatic heterocycles. The maximum atomic E-state index is 5.65. The summed E-state index contributed by atoms with van der Waals surface area (Å²) in [4.78, 5) is 2.26. The fourth-order valence-electron chi connectivity index (χ4n) is 2.12. The number of aromatic amines is 1. The first-order chi connectivity index (χ1) is 8.86. The number of nitrogens with zero attached hydrogens (tertiary/aromatic N) is 2. The molecule has 2 aromatic rings. The molecule has 1 N–H and O–H groups in total. The van der Waals surface area contributed by atoms with Crippen molar-refractivity contribution in [2.24, 2.45) is 0 Å². The number of hydrogen-bond donors (Lipinski definition) is 1. The molecule has 1 aromatic carbocycles. The van der Waals surface area contributed by atoms with Crippen LogP contribution in [0.2, 0.25) is 0 Å².